The van der Waals surface area contributed by atoms with Crippen molar-refractivity contribution in [2.75, 3.05) is 13.1 Å². The molecule has 1 saturated heterocycles. The Morgan fingerprint density at radius 3 is 3.07 bits per heavy atom. The molecule has 1 aliphatic rings. The number of nitrogens with one attached hydrogen (secondary N) is 1. The molecule has 3 rings (SSSR count). The van der Waals surface area contributed by atoms with Crippen LogP contribution in [0.3, 0.4) is 0 Å². The molecule has 1 fully saturated rings. The molecule has 0 amide bonds. The van der Waals surface area contributed by atoms with Crippen molar-refractivity contribution in [2.24, 2.45) is 7.05 Å². The summed E-state index contributed by atoms with van der Waals surface area (Å²) in [4.78, 5) is 0. The second-order valence-corrected chi connectivity index (χ2v) is 3.86. The smallest absolute Gasteiger partial charge is 0.145 e. The van der Waals surface area contributed by atoms with E-state index >= 15 is 0 Å². The summed E-state index contributed by atoms with van der Waals surface area (Å²) in [6.07, 6.45) is 2.17. The van der Waals surface area contributed by atoms with Crippen LogP contribution in [0.2, 0.25) is 0 Å². The molecule has 15 heavy (non-hydrogen) atoms. The summed E-state index contributed by atoms with van der Waals surface area (Å²) in [5.74, 6) is 0.930. The maximum Gasteiger partial charge on any atom is 0.145 e. The van der Waals surface area contributed by atoms with E-state index in [1.807, 2.05) is 36.1 Å². The molecular formula is C11H13N3O. The van der Waals surface area contributed by atoms with Gasteiger partial charge in [0.15, 0.2) is 0 Å². The third-order valence-electron chi connectivity index (χ3n) is 2.76. The van der Waals surface area contributed by atoms with E-state index in [9.17, 15) is 0 Å². The molecule has 0 aliphatic carbocycles. The zero-order valence-corrected chi connectivity index (χ0v) is 8.60. The van der Waals surface area contributed by atoms with Crippen molar-refractivity contribution in [1.82, 2.24) is 15.1 Å². The highest BCUT2D eigenvalue weighted by molar-refractivity contribution is 5.84. The number of aryl methyl sites for hydroxylation is 1. The molecule has 0 radical (unpaired) electrons. The maximum absolute atomic E-state index is 5.88. The monoisotopic (exact) mass is 203 g/mol. The van der Waals surface area contributed by atoms with E-state index in [-0.39, 0.29) is 0 Å². The number of fused-ring (bicyclic) bond motifs is 1. The highest BCUT2D eigenvalue weighted by Crippen LogP contribution is 2.25. The van der Waals surface area contributed by atoms with Gasteiger partial charge in [-0.2, -0.15) is 5.10 Å². The molecule has 2 heterocycles. The molecule has 0 saturated carbocycles. The average Bonchev–Trinajstić information content (AvgIpc) is 2.55. The molecule has 4 nitrogen and oxygen atoms in total. The van der Waals surface area contributed by atoms with Gasteiger partial charge in [0.1, 0.15) is 17.4 Å². The Morgan fingerprint density at radius 2 is 2.33 bits per heavy atom. The van der Waals surface area contributed by atoms with Crippen LogP contribution in [0.15, 0.2) is 24.4 Å². The van der Waals surface area contributed by atoms with Crippen LogP contribution >= 0.6 is 0 Å². The summed E-state index contributed by atoms with van der Waals surface area (Å²) in [5.41, 5.74) is 1.07. The fraction of sp³-hybridized carbons (Fsp3) is 0.364. The van der Waals surface area contributed by atoms with E-state index < -0.39 is 0 Å². The van der Waals surface area contributed by atoms with Crippen LogP contribution < -0.4 is 10.1 Å². The second kappa shape index (κ2) is 3.24. The van der Waals surface area contributed by atoms with Gasteiger partial charge < -0.3 is 10.1 Å². The Morgan fingerprint density at radius 1 is 1.47 bits per heavy atom. The average molecular weight is 203 g/mol. The van der Waals surface area contributed by atoms with Crippen LogP contribution in [0.4, 0.5) is 0 Å². The van der Waals surface area contributed by atoms with Crippen LogP contribution in [-0.2, 0) is 7.05 Å². The van der Waals surface area contributed by atoms with Gasteiger partial charge in [-0.05, 0) is 6.07 Å². The number of benzene rings is 1. The van der Waals surface area contributed by atoms with Crippen molar-refractivity contribution in [3.63, 3.8) is 0 Å². The lowest BCUT2D eigenvalue weighted by Gasteiger charge is -2.28. The second-order valence-electron chi connectivity index (χ2n) is 3.86. The van der Waals surface area contributed by atoms with Crippen LogP contribution in [0.1, 0.15) is 0 Å². The van der Waals surface area contributed by atoms with Crippen molar-refractivity contribution in [3.05, 3.63) is 24.4 Å². The van der Waals surface area contributed by atoms with Gasteiger partial charge >= 0.3 is 0 Å². The van der Waals surface area contributed by atoms with Crippen LogP contribution in [0.25, 0.3) is 10.9 Å². The fourth-order valence-corrected chi connectivity index (χ4v) is 1.82. The van der Waals surface area contributed by atoms with Gasteiger partial charge in [0.2, 0.25) is 0 Å². The minimum absolute atomic E-state index is 0.311. The SMILES string of the molecule is Cn1ncc2cccc(OC3CNC3)c21. The van der Waals surface area contributed by atoms with E-state index in [0.717, 1.165) is 29.7 Å². The third kappa shape index (κ3) is 1.37. The predicted octanol–water partition coefficient (Wildman–Crippen LogP) is 0.924. The lowest BCUT2D eigenvalue weighted by Crippen LogP contribution is -2.50. The number of nitrogens with zero attached hydrogens (tertiary/aromatic N) is 2. The molecule has 0 bridgehead atoms. The van der Waals surface area contributed by atoms with Gasteiger partial charge in [-0.15, -0.1) is 0 Å². The first-order valence-corrected chi connectivity index (χ1v) is 5.13. The highest BCUT2D eigenvalue weighted by atomic mass is 16.5. The number of ether oxygens (including phenoxy) is 1. The molecule has 2 aromatic rings. The van der Waals surface area contributed by atoms with E-state index in [0.29, 0.717) is 6.10 Å². The van der Waals surface area contributed by atoms with E-state index in [1.165, 1.54) is 0 Å². The lowest BCUT2D eigenvalue weighted by atomic mass is 10.2. The number of aromatic nitrogens is 2. The Balaban J connectivity index is 2.04. The Kier molecular flexibility index (Phi) is 1.89. The van der Waals surface area contributed by atoms with Crippen molar-refractivity contribution in [2.45, 2.75) is 6.10 Å². The van der Waals surface area contributed by atoms with Crippen molar-refractivity contribution in [3.8, 4) is 5.75 Å². The first kappa shape index (κ1) is 8.73. The zero-order valence-electron chi connectivity index (χ0n) is 8.60. The van der Waals surface area contributed by atoms with Gasteiger partial charge in [-0.25, -0.2) is 0 Å². The molecule has 0 unspecified atom stereocenters. The van der Waals surface area contributed by atoms with Gasteiger partial charge in [-0.3, -0.25) is 4.68 Å². The van der Waals surface area contributed by atoms with Gasteiger partial charge in [0.05, 0.1) is 6.20 Å². The molecule has 78 valence electrons. The normalized spacial score (nSPS) is 16.6. The Labute approximate surface area is 87.8 Å². The van der Waals surface area contributed by atoms with E-state index in [1.54, 1.807) is 0 Å². The molecule has 1 aliphatic heterocycles. The number of para-hydroxylation sites is 1. The van der Waals surface area contributed by atoms with Crippen molar-refractivity contribution in [1.29, 1.82) is 0 Å². The number of rotatable bonds is 2. The van der Waals surface area contributed by atoms with Crippen molar-refractivity contribution >= 4 is 10.9 Å². The van der Waals surface area contributed by atoms with Crippen molar-refractivity contribution < 1.29 is 4.74 Å². The van der Waals surface area contributed by atoms with E-state index in [2.05, 4.69) is 10.4 Å². The molecule has 0 atom stereocenters. The van der Waals surface area contributed by atoms with Gasteiger partial charge in [-0.1, -0.05) is 12.1 Å². The summed E-state index contributed by atoms with van der Waals surface area (Å²) in [5, 5.41) is 8.55. The largest absolute Gasteiger partial charge is 0.485 e. The minimum atomic E-state index is 0.311. The standard InChI is InChI=1S/C11H13N3O/c1-14-11-8(5-13-14)3-2-4-10(11)15-9-6-12-7-9/h2-5,9,12H,6-7H2,1H3. The van der Waals surface area contributed by atoms with Gasteiger partial charge in [0.25, 0.3) is 0 Å². The molecule has 4 heteroatoms. The third-order valence-corrected chi connectivity index (χ3v) is 2.76. The highest BCUT2D eigenvalue weighted by Gasteiger charge is 2.19. The summed E-state index contributed by atoms with van der Waals surface area (Å²) in [7, 11) is 1.94. The van der Waals surface area contributed by atoms with Crippen LogP contribution in [-0.4, -0.2) is 29.0 Å². The number of hydrogen-bond acceptors (Lipinski definition) is 3. The molecule has 1 aromatic carbocycles. The quantitative estimate of drug-likeness (QED) is 0.789. The molecule has 1 aromatic heterocycles. The zero-order chi connectivity index (χ0) is 10.3. The summed E-state index contributed by atoms with van der Waals surface area (Å²) >= 11 is 0. The van der Waals surface area contributed by atoms with Gasteiger partial charge in [0, 0.05) is 25.5 Å². The summed E-state index contributed by atoms with van der Waals surface area (Å²) in [6, 6.07) is 6.06. The van der Waals surface area contributed by atoms with E-state index in [4.69, 9.17) is 4.74 Å². The fourth-order valence-electron chi connectivity index (χ4n) is 1.82. The first-order chi connectivity index (χ1) is 7.34. The molecular weight excluding hydrogens is 190 g/mol. The number of hydrogen-bond donors (Lipinski definition) is 1. The summed E-state index contributed by atoms with van der Waals surface area (Å²) in [6.45, 7) is 1.88. The lowest BCUT2D eigenvalue weighted by molar-refractivity contribution is 0.143. The summed E-state index contributed by atoms with van der Waals surface area (Å²) < 4.78 is 7.74. The molecule has 1 N–H and O–H groups in total. The van der Waals surface area contributed by atoms with Crippen LogP contribution in [0, 0.1) is 0 Å². The maximum atomic E-state index is 5.88. The molecule has 0 spiro atoms. The Hall–Kier alpha value is -1.55. The first-order valence-electron chi connectivity index (χ1n) is 5.13. The Bertz CT molecular complexity index is 488. The van der Waals surface area contributed by atoms with Crippen LogP contribution in [0.5, 0.6) is 5.75 Å². The topological polar surface area (TPSA) is 39.1 Å². The predicted molar refractivity (Wildman–Crippen MR) is 58.0 cm³/mol. The minimum Gasteiger partial charge on any atom is -0.485 e.